The van der Waals surface area contributed by atoms with Gasteiger partial charge >= 0.3 is 0 Å². The summed E-state index contributed by atoms with van der Waals surface area (Å²) in [5.41, 5.74) is 2.02. The Morgan fingerprint density at radius 1 is 1.16 bits per heavy atom. The average Bonchev–Trinajstić information content (AvgIpc) is 3.25. The second-order valence-corrected chi connectivity index (χ2v) is 7.45. The molecule has 1 saturated heterocycles. The molecule has 1 aromatic carbocycles. The fourth-order valence-corrected chi connectivity index (χ4v) is 3.10. The van der Waals surface area contributed by atoms with E-state index >= 15 is 0 Å². The van der Waals surface area contributed by atoms with Crippen molar-refractivity contribution in [3.8, 4) is 0 Å². The molecule has 2 aromatic rings. The molecule has 5 heteroatoms. The monoisotopic (exact) mass is 340 g/mol. The standard InChI is InChI=1S/C20H24N2O3/c1-20(2,3)14-8-10-15(11-9-14)21-18(23)16-6-4-12-22(16)19(24)17-7-5-13-25-17/h5,7-11,13,16H,4,6,12H2,1-3H3,(H,21,23)/t16-/m1/s1. The van der Waals surface area contributed by atoms with Gasteiger partial charge in [0.1, 0.15) is 6.04 Å². The summed E-state index contributed by atoms with van der Waals surface area (Å²) < 4.78 is 5.18. The van der Waals surface area contributed by atoms with E-state index in [0.717, 1.165) is 12.1 Å². The van der Waals surface area contributed by atoms with Crippen LogP contribution in [-0.2, 0) is 10.2 Å². The summed E-state index contributed by atoms with van der Waals surface area (Å²) in [6, 6.07) is 10.7. The maximum Gasteiger partial charge on any atom is 0.290 e. The lowest BCUT2D eigenvalue weighted by Gasteiger charge is -2.23. The molecule has 1 N–H and O–H groups in total. The number of nitrogens with zero attached hydrogens (tertiary/aromatic N) is 1. The molecular weight excluding hydrogens is 316 g/mol. The van der Waals surface area contributed by atoms with Gasteiger partial charge in [-0.25, -0.2) is 0 Å². The van der Waals surface area contributed by atoms with Crippen LogP contribution in [0.15, 0.2) is 47.1 Å². The molecular formula is C20H24N2O3. The molecule has 1 fully saturated rings. The van der Waals surface area contributed by atoms with Crippen LogP contribution in [0, 0.1) is 0 Å². The highest BCUT2D eigenvalue weighted by Crippen LogP contribution is 2.25. The fraction of sp³-hybridized carbons (Fsp3) is 0.400. The molecule has 0 radical (unpaired) electrons. The SMILES string of the molecule is CC(C)(C)c1ccc(NC(=O)[C@H]2CCCN2C(=O)c2ccco2)cc1. The first-order valence-electron chi connectivity index (χ1n) is 8.62. The van der Waals surface area contributed by atoms with Gasteiger partial charge in [0.25, 0.3) is 5.91 Å². The van der Waals surface area contributed by atoms with E-state index in [0.29, 0.717) is 13.0 Å². The zero-order chi connectivity index (χ0) is 18.0. The average molecular weight is 340 g/mol. The first-order chi connectivity index (χ1) is 11.9. The van der Waals surface area contributed by atoms with Crippen molar-refractivity contribution in [2.45, 2.75) is 45.1 Å². The maximum absolute atomic E-state index is 12.6. The molecule has 5 nitrogen and oxygen atoms in total. The molecule has 0 aliphatic carbocycles. The Balaban J connectivity index is 1.69. The molecule has 0 unspecified atom stereocenters. The van der Waals surface area contributed by atoms with Crippen molar-refractivity contribution in [3.63, 3.8) is 0 Å². The number of carbonyl (C=O) groups excluding carboxylic acids is 2. The summed E-state index contributed by atoms with van der Waals surface area (Å²) >= 11 is 0. The van der Waals surface area contributed by atoms with Gasteiger partial charge in [0, 0.05) is 12.2 Å². The molecule has 25 heavy (non-hydrogen) atoms. The van der Waals surface area contributed by atoms with E-state index in [1.807, 2.05) is 24.3 Å². The normalized spacial score (nSPS) is 17.6. The van der Waals surface area contributed by atoms with E-state index in [-0.39, 0.29) is 23.0 Å². The lowest BCUT2D eigenvalue weighted by molar-refractivity contribution is -0.119. The van der Waals surface area contributed by atoms with Gasteiger partial charge in [0.05, 0.1) is 6.26 Å². The van der Waals surface area contributed by atoms with E-state index in [9.17, 15) is 9.59 Å². The van der Waals surface area contributed by atoms with Gasteiger partial charge in [-0.1, -0.05) is 32.9 Å². The number of rotatable bonds is 3. The predicted molar refractivity (Wildman–Crippen MR) is 96.5 cm³/mol. The van der Waals surface area contributed by atoms with Crippen molar-refractivity contribution in [1.29, 1.82) is 0 Å². The predicted octanol–water partition coefficient (Wildman–Crippen LogP) is 3.82. The molecule has 1 aliphatic rings. The topological polar surface area (TPSA) is 62.6 Å². The number of benzene rings is 1. The highest BCUT2D eigenvalue weighted by Gasteiger charge is 2.35. The van der Waals surface area contributed by atoms with E-state index in [1.165, 1.54) is 11.8 Å². The summed E-state index contributed by atoms with van der Waals surface area (Å²) in [6.45, 7) is 7.02. The minimum Gasteiger partial charge on any atom is -0.459 e. The Morgan fingerprint density at radius 3 is 2.48 bits per heavy atom. The van der Waals surface area contributed by atoms with Gasteiger partial charge in [-0.2, -0.15) is 0 Å². The molecule has 0 saturated carbocycles. The molecule has 2 amide bonds. The fourth-order valence-electron chi connectivity index (χ4n) is 3.10. The van der Waals surface area contributed by atoms with Gasteiger partial charge < -0.3 is 14.6 Å². The third-order valence-corrected chi connectivity index (χ3v) is 4.57. The number of likely N-dealkylation sites (tertiary alicyclic amines) is 1. The maximum atomic E-state index is 12.6. The van der Waals surface area contributed by atoms with Crippen LogP contribution in [0.2, 0.25) is 0 Å². The van der Waals surface area contributed by atoms with Crippen LogP contribution in [-0.4, -0.2) is 29.3 Å². The van der Waals surface area contributed by atoms with Crippen molar-refractivity contribution in [3.05, 3.63) is 54.0 Å². The number of anilines is 1. The summed E-state index contributed by atoms with van der Waals surface area (Å²) in [7, 11) is 0. The molecule has 1 aliphatic heterocycles. The Bertz CT molecular complexity index is 742. The Kier molecular flexibility index (Phi) is 4.66. The number of carbonyl (C=O) groups is 2. The molecule has 2 heterocycles. The Hall–Kier alpha value is -2.56. The van der Waals surface area contributed by atoms with Crippen molar-refractivity contribution >= 4 is 17.5 Å². The largest absolute Gasteiger partial charge is 0.459 e. The van der Waals surface area contributed by atoms with Gasteiger partial charge in [-0.15, -0.1) is 0 Å². The van der Waals surface area contributed by atoms with Gasteiger partial charge in [0.15, 0.2) is 5.76 Å². The quantitative estimate of drug-likeness (QED) is 0.924. The van der Waals surface area contributed by atoms with Crippen LogP contribution in [0.1, 0.15) is 49.7 Å². The van der Waals surface area contributed by atoms with Crippen molar-refractivity contribution in [2.75, 3.05) is 11.9 Å². The van der Waals surface area contributed by atoms with Crippen molar-refractivity contribution < 1.29 is 14.0 Å². The highest BCUT2D eigenvalue weighted by molar-refractivity contribution is 6.00. The van der Waals surface area contributed by atoms with Gasteiger partial charge in [-0.05, 0) is 48.1 Å². The summed E-state index contributed by atoms with van der Waals surface area (Å²) in [6.07, 6.45) is 2.95. The van der Waals surface area contributed by atoms with E-state index in [1.54, 1.807) is 17.0 Å². The van der Waals surface area contributed by atoms with Crippen LogP contribution in [0.3, 0.4) is 0 Å². The van der Waals surface area contributed by atoms with Crippen LogP contribution in [0.25, 0.3) is 0 Å². The van der Waals surface area contributed by atoms with E-state index in [2.05, 4.69) is 26.1 Å². The smallest absolute Gasteiger partial charge is 0.290 e. The van der Waals surface area contributed by atoms with E-state index in [4.69, 9.17) is 4.42 Å². The molecule has 0 bridgehead atoms. The number of hydrogen-bond donors (Lipinski definition) is 1. The zero-order valence-corrected chi connectivity index (χ0v) is 14.9. The minimum atomic E-state index is -0.458. The van der Waals surface area contributed by atoms with Crippen molar-refractivity contribution in [1.82, 2.24) is 4.90 Å². The number of amides is 2. The molecule has 132 valence electrons. The molecule has 1 aromatic heterocycles. The lowest BCUT2D eigenvalue weighted by Crippen LogP contribution is -2.43. The van der Waals surface area contributed by atoms with Crippen LogP contribution in [0.4, 0.5) is 5.69 Å². The second kappa shape index (κ2) is 6.75. The molecule has 1 atom stereocenters. The minimum absolute atomic E-state index is 0.0697. The van der Waals surface area contributed by atoms with Crippen molar-refractivity contribution in [2.24, 2.45) is 0 Å². The first kappa shape index (κ1) is 17.3. The van der Waals surface area contributed by atoms with E-state index < -0.39 is 6.04 Å². The van der Waals surface area contributed by atoms with Gasteiger partial charge in [-0.3, -0.25) is 9.59 Å². The van der Waals surface area contributed by atoms with Gasteiger partial charge in [0.2, 0.25) is 5.91 Å². The third kappa shape index (κ3) is 3.76. The molecule has 0 spiro atoms. The summed E-state index contributed by atoms with van der Waals surface area (Å²) in [5.74, 6) is -0.110. The Labute approximate surface area is 148 Å². The first-order valence-corrected chi connectivity index (χ1v) is 8.62. The highest BCUT2D eigenvalue weighted by atomic mass is 16.3. The third-order valence-electron chi connectivity index (χ3n) is 4.57. The summed E-state index contributed by atoms with van der Waals surface area (Å²) in [4.78, 5) is 26.7. The second-order valence-electron chi connectivity index (χ2n) is 7.45. The molecule has 3 rings (SSSR count). The van der Waals surface area contributed by atoms with Crippen LogP contribution in [0.5, 0.6) is 0 Å². The number of furan rings is 1. The Morgan fingerprint density at radius 2 is 1.88 bits per heavy atom. The zero-order valence-electron chi connectivity index (χ0n) is 14.9. The lowest BCUT2D eigenvalue weighted by atomic mass is 9.87. The summed E-state index contributed by atoms with van der Waals surface area (Å²) in [5, 5.41) is 2.93. The van der Waals surface area contributed by atoms with Crippen LogP contribution >= 0.6 is 0 Å². The van der Waals surface area contributed by atoms with Crippen LogP contribution < -0.4 is 5.32 Å². The number of hydrogen-bond acceptors (Lipinski definition) is 3. The number of nitrogens with one attached hydrogen (secondary N) is 1.